The first-order valence-electron chi connectivity index (χ1n) is 5.66. The number of hydrogen-bond donors (Lipinski definition) is 2. The Hall–Kier alpha value is -1.73. The van der Waals surface area contributed by atoms with Gasteiger partial charge in [-0.1, -0.05) is 17.4 Å². The van der Waals surface area contributed by atoms with Gasteiger partial charge in [0.05, 0.1) is 5.69 Å². The zero-order valence-corrected chi connectivity index (χ0v) is 13.1. The summed E-state index contributed by atoms with van der Waals surface area (Å²) in [6, 6.07) is 5.73. The Labute approximate surface area is 127 Å². The first kappa shape index (κ1) is 14.7. The van der Waals surface area contributed by atoms with Gasteiger partial charge in [0.25, 0.3) is 0 Å². The van der Waals surface area contributed by atoms with E-state index in [1.54, 1.807) is 0 Å². The van der Waals surface area contributed by atoms with E-state index < -0.39 is 5.97 Å². The Bertz CT molecular complexity index is 665. The Balaban J connectivity index is 2.39. The first-order valence-corrected chi connectivity index (χ1v) is 7.27. The fourth-order valence-corrected chi connectivity index (χ4v) is 2.82. The molecule has 0 aliphatic carbocycles. The minimum atomic E-state index is -1.21. The predicted molar refractivity (Wildman–Crippen MR) is 81.2 cm³/mol. The summed E-state index contributed by atoms with van der Waals surface area (Å²) in [6.07, 6.45) is 0. The molecule has 1 aromatic carbocycles. The highest BCUT2D eigenvalue weighted by Gasteiger charge is 2.20. The third-order valence-corrected chi connectivity index (χ3v) is 4.28. The summed E-state index contributed by atoms with van der Waals surface area (Å²) in [6.45, 7) is 3.27. The van der Waals surface area contributed by atoms with Gasteiger partial charge in [-0.05, 0) is 40.5 Å². The van der Waals surface area contributed by atoms with Crippen LogP contribution in [-0.4, -0.2) is 21.8 Å². The van der Waals surface area contributed by atoms with E-state index in [0.29, 0.717) is 5.13 Å². The van der Waals surface area contributed by atoms with Crippen molar-refractivity contribution < 1.29 is 14.7 Å². The summed E-state index contributed by atoms with van der Waals surface area (Å²) >= 11 is 4.43. The standard InChI is InChI=1S/C13H11BrN2O3S/c1-6-3-4-8(14)9(5-6)15-13-16-10(12(18)19)11(20-13)7(2)17/h3-5H,1-2H3,(H,15,16)(H,18,19). The van der Waals surface area contributed by atoms with Gasteiger partial charge in [0.1, 0.15) is 4.88 Å². The smallest absolute Gasteiger partial charge is 0.356 e. The van der Waals surface area contributed by atoms with Crippen molar-refractivity contribution >= 4 is 49.8 Å². The number of rotatable bonds is 4. The molecule has 0 spiro atoms. The number of carbonyl (C=O) groups is 2. The molecule has 0 atom stereocenters. The number of hydrogen-bond acceptors (Lipinski definition) is 5. The Kier molecular flexibility index (Phi) is 4.20. The van der Waals surface area contributed by atoms with Gasteiger partial charge in [-0.3, -0.25) is 4.79 Å². The minimum Gasteiger partial charge on any atom is -0.476 e. The molecule has 1 heterocycles. The summed E-state index contributed by atoms with van der Waals surface area (Å²) < 4.78 is 0.833. The molecule has 0 fully saturated rings. The van der Waals surface area contributed by atoms with Gasteiger partial charge in [-0.2, -0.15) is 0 Å². The van der Waals surface area contributed by atoms with E-state index in [9.17, 15) is 9.59 Å². The molecule has 2 rings (SSSR count). The number of ketones is 1. The van der Waals surface area contributed by atoms with Gasteiger partial charge >= 0.3 is 5.97 Å². The zero-order chi connectivity index (χ0) is 14.9. The van der Waals surface area contributed by atoms with Crippen molar-refractivity contribution in [3.63, 3.8) is 0 Å². The summed E-state index contributed by atoms with van der Waals surface area (Å²) in [5.41, 5.74) is 1.61. The number of carboxylic acids is 1. The van der Waals surface area contributed by atoms with Crippen molar-refractivity contribution in [2.24, 2.45) is 0 Å². The monoisotopic (exact) mass is 354 g/mol. The Morgan fingerprint density at radius 1 is 1.40 bits per heavy atom. The highest BCUT2D eigenvalue weighted by atomic mass is 79.9. The maximum Gasteiger partial charge on any atom is 0.356 e. The van der Waals surface area contributed by atoms with E-state index >= 15 is 0 Å². The lowest BCUT2D eigenvalue weighted by molar-refractivity contribution is 0.0687. The molecular weight excluding hydrogens is 344 g/mol. The molecule has 0 aliphatic rings. The van der Waals surface area contributed by atoms with E-state index in [1.165, 1.54) is 6.92 Å². The molecule has 0 unspecified atom stereocenters. The lowest BCUT2D eigenvalue weighted by Crippen LogP contribution is -2.03. The molecule has 5 nitrogen and oxygen atoms in total. The molecule has 2 aromatic rings. The normalized spacial score (nSPS) is 10.3. The van der Waals surface area contributed by atoms with Crippen molar-refractivity contribution in [3.05, 3.63) is 38.8 Å². The highest BCUT2D eigenvalue weighted by molar-refractivity contribution is 9.10. The molecule has 0 saturated carbocycles. The average Bonchev–Trinajstić information content (AvgIpc) is 2.78. The lowest BCUT2D eigenvalue weighted by atomic mass is 10.2. The second kappa shape index (κ2) is 5.72. The number of aryl methyl sites for hydroxylation is 1. The van der Waals surface area contributed by atoms with E-state index in [1.807, 2.05) is 25.1 Å². The molecule has 2 N–H and O–H groups in total. The summed E-state index contributed by atoms with van der Waals surface area (Å²) in [5.74, 6) is -1.51. The largest absolute Gasteiger partial charge is 0.476 e. The molecule has 7 heteroatoms. The SMILES string of the molecule is CC(=O)c1sc(Nc2cc(C)ccc2Br)nc1C(=O)O. The maximum atomic E-state index is 11.4. The highest BCUT2D eigenvalue weighted by Crippen LogP contribution is 2.30. The summed E-state index contributed by atoms with van der Waals surface area (Å²) in [7, 11) is 0. The van der Waals surface area contributed by atoms with Crippen LogP contribution in [0.15, 0.2) is 22.7 Å². The number of nitrogens with zero attached hydrogens (tertiary/aromatic N) is 1. The number of halogens is 1. The average molecular weight is 355 g/mol. The van der Waals surface area contributed by atoms with Gasteiger partial charge in [0.2, 0.25) is 0 Å². The Morgan fingerprint density at radius 3 is 2.65 bits per heavy atom. The molecule has 0 amide bonds. The van der Waals surface area contributed by atoms with Crippen LogP contribution in [0.4, 0.5) is 10.8 Å². The fraction of sp³-hybridized carbons (Fsp3) is 0.154. The second-order valence-corrected chi connectivity index (χ2v) is 6.02. The molecular formula is C13H11BrN2O3S. The van der Waals surface area contributed by atoms with Crippen molar-refractivity contribution in [1.82, 2.24) is 4.98 Å². The molecule has 20 heavy (non-hydrogen) atoms. The molecule has 104 valence electrons. The van der Waals surface area contributed by atoms with Gasteiger partial charge < -0.3 is 10.4 Å². The van der Waals surface area contributed by atoms with Crippen LogP contribution in [-0.2, 0) is 0 Å². The first-order chi connectivity index (χ1) is 9.38. The van der Waals surface area contributed by atoms with E-state index in [0.717, 1.165) is 27.1 Å². The number of aromatic carboxylic acids is 1. The van der Waals surface area contributed by atoms with Gasteiger partial charge in [-0.25, -0.2) is 9.78 Å². The third kappa shape index (κ3) is 3.05. The topological polar surface area (TPSA) is 79.3 Å². The minimum absolute atomic E-state index is 0.142. The van der Waals surface area contributed by atoms with Crippen LogP contribution in [0.5, 0.6) is 0 Å². The van der Waals surface area contributed by atoms with Gasteiger partial charge in [0.15, 0.2) is 16.6 Å². The summed E-state index contributed by atoms with van der Waals surface area (Å²) in [4.78, 5) is 26.6. The number of thiazole rings is 1. The van der Waals surface area contributed by atoms with Crippen molar-refractivity contribution in [2.45, 2.75) is 13.8 Å². The maximum absolute atomic E-state index is 11.4. The third-order valence-electron chi connectivity index (χ3n) is 2.51. The molecule has 0 saturated heterocycles. The van der Waals surface area contributed by atoms with Crippen molar-refractivity contribution in [2.75, 3.05) is 5.32 Å². The number of carboxylic acid groups (broad SMARTS) is 1. The quantitative estimate of drug-likeness (QED) is 0.815. The van der Waals surface area contributed by atoms with Gasteiger partial charge in [-0.15, -0.1) is 0 Å². The van der Waals surface area contributed by atoms with E-state index in [-0.39, 0.29) is 16.4 Å². The number of benzene rings is 1. The van der Waals surface area contributed by atoms with E-state index in [4.69, 9.17) is 5.11 Å². The van der Waals surface area contributed by atoms with Crippen LogP contribution < -0.4 is 5.32 Å². The van der Waals surface area contributed by atoms with Crippen LogP contribution >= 0.6 is 27.3 Å². The van der Waals surface area contributed by atoms with E-state index in [2.05, 4.69) is 26.2 Å². The number of aromatic nitrogens is 1. The number of anilines is 2. The van der Waals surface area contributed by atoms with Crippen molar-refractivity contribution in [3.8, 4) is 0 Å². The Morgan fingerprint density at radius 2 is 2.10 bits per heavy atom. The predicted octanol–water partition coefficient (Wildman–Crippen LogP) is 3.86. The van der Waals surface area contributed by atoms with Crippen LogP contribution in [0, 0.1) is 6.92 Å². The number of Topliss-reactive ketones (excluding diaryl/α,β-unsaturated/α-hetero) is 1. The molecule has 0 bridgehead atoms. The lowest BCUT2D eigenvalue weighted by Gasteiger charge is -2.06. The molecule has 0 aliphatic heterocycles. The van der Waals surface area contributed by atoms with Gasteiger partial charge in [0, 0.05) is 11.4 Å². The van der Waals surface area contributed by atoms with Crippen LogP contribution in [0.1, 0.15) is 32.6 Å². The number of nitrogens with one attached hydrogen (secondary N) is 1. The second-order valence-electron chi connectivity index (χ2n) is 4.17. The molecule has 0 radical (unpaired) electrons. The van der Waals surface area contributed by atoms with Crippen molar-refractivity contribution in [1.29, 1.82) is 0 Å². The van der Waals surface area contributed by atoms with Crippen LogP contribution in [0.3, 0.4) is 0 Å². The zero-order valence-electron chi connectivity index (χ0n) is 10.7. The molecule has 1 aromatic heterocycles. The summed E-state index contributed by atoms with van der Waals surface area (Å²) in [5, 5.41) is 12.5. The number of carbonyl (C=O) groups excluding carboxylic acids is 1. The van der Waals surface area contributed by atoms with Crippen LogP contribution in [0.2, 0.25) is 0 Å². The van der Waals surface area contributed by atoms with Crippen LogP contribution in [0.25, 0.3) is 0 Å². The fourth-order valence-electron chi connectivity index (χ4n) is 1.61.